The Morgan fingerprint density at radius 1 is 1.14 bits per heavy atom. The van der Waals surface area contributed by atoms with E-state index in [2.05, 4.69) is 22.2 Å². The Morgan fingerprint density at radius 3 is 2.48 bits per heavy atom. The first-order valence-corrected chi connectivity index (χ1v) is 7.26. The van der Waals surface area contributed by atoms with E-state index in [1.807, 2.05) is 24.8 Å². The van der Waals surface area contributed by atoms with Crippen molar-refractivity contribution >= 4 is 17.3 Å². The van der Waals surface area contributed by atoms with Crippen LogP contribution in [0.1, 0.15) is 26.1 Å². The molecule has 1 aromatic heterocycles. The second kappa shape index (κ2) is 7.02. The number of hydrogen-bond acceptors (Lipinski definition) is 4. The smallest absolute Gasteiger partial charge is 0.138 e. The van der Waals surface area contributed by atoms with E-state index in [1.165, 1.54) is 12.1 Å². The summed E-state index contributed by atoms with van der Waals surface area (Å²) >= 11 is 0. The average molecular weight is 288 g/mol. The summed E-state index contributed by atoms with van der Waals surface area (Å²) in [5.41, 5.74) is 0.915. The molecular weight excluding hydrogens is 267 g/mol. The number of aromatic nitrogens is 2. The molecule has 0 aliphatic heterocycles. The SMILES string of the molecule is CCCNc1cc(N(CC)c2ccc(F)cc2)nc(C)n1. The fourth-order valence-electron chi connectivity index (χ4n) is 2.13. The number of benzene rings is 1. The molecule has 0 saturated carbocycles. The van der Waals surface area contributed by atoms with Crippen molar-refractivity contribution in [2.45, 2.75) is 27.2 Å². The van der Waals surface area contributed by atoms with Gasteiger partial charge in [0.05, 0.1) is 0 Å². The highest BCUT2D eigenvalue weighted by molar-refractivity contribution is 5.62. The van der Waals surface area contributed by atoms with Gasteiger partial charge in [0.15, 0.2) is 0 Å². The number of halogens is 1. The minimum atomic E-state index is -0.237. The summed E-state index contributed by atoms with van der Waals surface area (Å²) in [6.45, 7) is 7.64. The second-order valence-electron chi connectivity index (χ2n) is 4.81. The van der Waals surface area contributed by atoms with Gasteiger partial charge in [-0.25, -0.2) is 14.4 Å². The maximum absolute atomic E-state index is 13.1. The summed E-state index contributed by atoms with van der Waals surface area (Å²) in [6, 6.07) is 8.37. The lowest BCUT2D eigenvalue weighted by Gasteiger charge is -2.23. The molecule has 0 spiro atoms. The molecule has 0 aliphatic rings. The van der Waals surface area contributed by atoms with Gasteiger partial charge in [0.25, 0.3) is 0 Å². The first-order chi connectivity index (χ1) is 10.1. The van der Waals surface area contributed by atoms with Gasteiger partial charge < -0.3 is 10.2 Å². The van der Waals surface area contributed by atoms with E-state index in [-0.39, 0.29) is 5.82 Å². The number of aryl methyl sites for hydroxylation is 1. The quantitative estimate of drug-likeness (QED) is 0.875. The molecule has 0 unspecified atom stereocenters. The van der Waals surface area contributed by atoms with Crippen LogP contribution < -0.4 is 10.2 Å². The first kappa shape index (κ1) is 15.2. The summed E-state index contributed by atoms with van der Waals surface area (Å²) < 4.78 is 13.1. The summed E-state index contributed by atoms with van der Waals surface area (Å²) in [6.07, 6.45) is 1.04. The molecule has 0 saturated heterocycles. The molecule has 21 heavy (non-hydrogen) atoms. The maximum atomic E-state index is 13.1. The van der Waals surface area contributed by atoms with Crippen LogP contribution in [0.2, 0.25) is 0 Å². The summed E-state index contributed by atoms with van der Waals surface area (Å²) in [7, 11) is 0. The molecule has 112 valence electrons. The van der Waals surface area contributed by atoms with Crippen LogP contribution in [0.3, 0.4) is 0 Å². The molecule has 0 fully saturated rings. The average Bonchev–Trinajstić information content (AvgIpc) is 2.47. The third kappa shape index (κ3) is 3.90. The van der Waals surface area contributed by atoms with Crippen LogP contribution >= 0.6 is 0 Å². The largest absolute Gasteiger partial charge is 0.370 e. The highest BCUT2D eigenvalue weighted by Crippen LogP contribution is 2.25. The van der Waals surface area contributed by atoms with Crippen molar-refractivity contribution in [3.63, 3.8) is 0 Å². The molecule has 1 heterocycles. The fraction of sp³-hybridized carbons (Fsp3) is 0.375. The van der Waals surface area contributed by atoms with E-state index in [0.29, 0.717) is 5.82 Å². The Balaban J connectivity index is 2.32. The van der Waals surface area contributed by atoms with Gasteiger partial charge in [-0.1, -0.05) is 6.92 Å². The Labute approximate surface area is 125 Å². The van der Waals surface area contributed by atoms with Gasteiger partial charge in [-0.15, -0.1) is 0 Å². The van der Waals surface area contributed by atoms with Crippen LogP contribution in [0, 0.1) is 12.7 Å². The lowest BCUT2D eigenvalue weighted by Crippen LogP contribution is -2.18. The second-order valence-corrected chi connectivity index (χ2v) is 4.81. The van der Waals surface area contributed by atoms with Gasteiger partial charge >= 0.3 is 0 Å². The van der Waals surface area contributed by atoms with E-state index in [9.17, 15) is 4.39 Å². The molecule has 2 aromatic rings. The fourth-order valence-corrected chi connectivity index (χ4v) is 2.13. The summed E-state index contributed by atoms with van der Waals surface area (Å²) in [4.78, 5) is 10.9. The highest BCUT2D eigenvalue weighted by atomic mass is 19.1. The third-order valence-corrected chi connectivity index (χ3v) is 3.11. The molecular formula is C16H21FN4. The van der Waals surface area contributed by atoms with E-state index in [4.69, 9.17) is 0 Å². The van der Waals surface area contributed by atoms with Gasteiger partial charge in [0.2, 0.25) is 0 Å². The Kier molecular flexibility index (Phi) is 5.09. The Hall–Kier alpha value is -2.17. The molecule has 4 nitrogen and oxygen atoms in total. The van der Waals surface area contributed by atoms with E-state index in [1.54, 1.807) is 12.1 Å². The van der Waals surface area contributed by atoms with Gasteiger partial charge in [0, 0.05) is 24.8 Å². The first-order valence-electron chi connectivity index (χ1n) is 7.26. The van der Waals surface area contributed by atoms with Crippen LogP contribution in [-0.2, 0) is 0 Å². The predicted octanol–water partition coefficient (Wildman–Crippen LogP) is 3.90. The zero-order valence-electron chi connectivity index (χ0n) is 12.7. The van der Waals surface area contributed by atoms with Crippen molar-refractivity contribution in [2.75, 3.05) is 23.3 Å². The standard InChI is InChI=1S/C16H21FN4/c1-4-10-18-15-11-16(20-12(3)19-15)21(5-2)14-8-6-13(17)7-9-14/h6-9,11H,4-5,10H2,1-3H3,(H,18,19,20). The van der Waals surface area contributed by atoms with Crippen LogP contribution in [0.5, 0.6) is 0 Å². The molecule has 1 N–H and O–H groups in total. The molecule has 0 aliphatic carbocycles. The molecule has 0 radical (unpaired) electrons. The maximum Gasteiger partial charge on any atom is 0.138 e. The molecule has 0 atom stereocenters. The van der Waals surface area contributed by atoms with E-state index in [0.717, 1.165) is 36.8 Å². The molecule has 0 bridgehead atoms. The molecule has 0 amide bonds. The minimum absolute atomic E-state index is 0.237. The van der Waals surface area contributed by atoms with Gasteiger partial charge in [-0.3, -0.25) is 0 Å². The Morgan fingerprint density at radius 2 is 1.86 bits per heavy atom. The number of nitrogens with zero attached hydrogens (tertiary/aromatic N) is 3. The van der Waals surface area contributed by atoms with Gasteiger partial charge in [-0.05, 0) is 44.5 Å². The van der Waals surface area contributed by atoms with Crippen molar-refractivity contribution < 1.29 is 4.39 Å². The van der Waals surface area contributed by atoms with Crippen molar-refractivity contribution in [3.8, 4) is 0 Å². The van der Waals surface area contributed by atoms with Crippen molar-refractivity contribution in [1.29, 1.82) is 0 Å². The van der Waals surface area contributed by atoms with Gasteiger partial charge in [0.1, 0.15) is 23.3 Å². The lowest BCUT2D eigenvalue weighted by atomic mass is 10.2. The number of nitrogens with one attached hydrogen (secondary N) is 1. The zero-order valence-corrected chi connectivity index (χ0v) is 12.7. The number of hydrogen-bond donors (Lipinski definition) is 1. The number of rotatable bonds is 6. The normalized spacial score (nSPS) is 10.5. The van der Waals surface area contributed by atoms with E-state index < -0.39 is 0 Å². The van der Waals surface area contributed by atoms with Crippen molar-refractivity contribution in [2.24, 2.45) is 0 Å². The number of anilines is 3. The van der Waals surface area contributed by atoms with Crippen LogP contribution in [0.15, 0.2) is 30.3 Å². The molecule has 2 rings (SSSR count). The zero-order chi connectivity index (χ0) is 15.2. The lowest BCUT2D eigenvalue weighted by molar-refractivity contribution is 0.627. The van der Waals surface area contributed by atoms with E-state index >= 15 is 0 Å². The predicted molar refractivity (Wildman–Crippen MR) is 84.6 cm³/mol. The highest BCUT2D eigenvalue weighted by Gasteiger charge is 2.11. The van der Waals surface area contributed by atoms with Crippen molar-refractivity contribution in [3.05, 3.63) is 42.0 Å². The topological polar surface area (TPSA) is 41.0 Å². The minimum Gasteiger partial charge on any atom is -0.370 e. The van der Waals surface area contributed by atoms with Crippen LogP contribution in [0.4, 0.5) is 21.7 Å². The summed E-state index contributed by atoms with van der Waals surface area (Å²) in [5, 5.41) is 3.28. The van der Waals surface area contributed by atoms with Crippen LogP contribution in [0.25, 0.3) is 0 Å². The Bertz CT molecular complexity index is 583. The van der Waals surface area contributed by atoms with Gasteiger partial charge in [-0.2, -0.15) is 0 Å². The van der Waals surface area contributed by atoms with Crippen molar-refractivity contribution in [1.82, 2.24) is 9.97 Å². The summed E-state index contributed by atoms with van der Waals surface area (Å²) in [5.74, 6) is 2.11. The molecule has 1 aromatic carbocycles. The third-order valence-electron chi connectivity index (χ3n) is 3.11. The molecule has 5 heteroatoms. The monoisotopic (exact) mass is 288 g/mol. The van der Waals surface area contributed by atoms with Crippen LogP contribution in [-0.4, -0.2) is 23.1 Å².